The highest BCUT2D eigenvalue weighted by atomic mass is 35.5. The number of rotatable bonds is 6. The molecule has 7 heteroatoms. The Bertz CT molecular complexity index is 1090. The quantitative estimate of drug-likeness (QED) is 0.337. The van der Waals surface area contributed by atoms with Gasteiger partial charge in [-0.05, 0) is 22.9 Å². The van der Waals surface area contributed by atoms with Gasteiger partial charge in [-0.25, -0.2) is 5.43 Å². The Hall–Kier alpha value is -2.93. The molecular weight excluding hydrogens is 412 g/mol. The molecule has 0 aromatic heterocycles. The summed E-state index contributed by atoms with van der Waals surface area (Å²) in [7, 11) is 0. The molecule has 1 fully saturated rings. The van der Waals surface area contributed by atoms with Gasteiger partial charge >= 0.3 is 0 Å². The summed E-state index contributed by atoms with van der Waals surface area (Å²) in [5.74, 6) is 0.0143. The molecule has 0 saturated carbocycles. The van der Waals surface area contributed by atoms with Crippen LogP contribution in [0.3, 0.4) is 0 Å². The molecular formula is C24H27ClN4O2+2. The van der Waals surface area contributed by atoms with E-state index >= 15 is 0 Å². The molecule has 4 rings (SSSR count). The van der Waals surface area contributed by atoms with Crippen LogP contribution in [0.15, 0.2) is 65.8 Å². The number of carbonyl (C=O) groups is 1. The van der Waals surface area contributed by atoms with Gasteiger partial charge in [0.2, 0.25) is 0 Å². The van der Waals surface area contributed by atoms with Gasteiger partial charge in [0.1, 0.15) is 38.5 Å². The number of phenols is 1. The minimum Gasteiger partial charge on any atom is -0.507 e. The highest BCUT2D eigenvalue weighted by Crippen LogP contribution is 2.25. The van der Waals surface area contributed by atoms with E-state index in [2.05, 4.69) is 16.6 Å². The fourth-order valence-corrected chi connectivity index (χ4v) is 4.28. The van der Waals surface area contributed by atoms with Gasteiger partial charge in [-0.15, -0.1) is 0 Å². The van der Waals surface area contributed by atoms with Crippen molar-refractivity contribution in [3.8, 4) is 5.75 Å². The Labute approximate surface area is 186 Å². The lowest BCUT2D eigenvalue weighted by molar-refractivity contribution is -1.02. The highest BCUT2D eigenvalue weighted by Gasteiger charge is 2.25. The van der Waals surface area contributed by atoms with Crippen molar-refractivity contribution in [3.63, 3.8) is 0 Å². The second-order valence-electron chi connectivity index (χ2n) is 7.96. The minimum absolute atomic E-state index is 0.125. The molecule has 3 aromatic carbocycles. The summed E-state index contributed by atoms with van der Waals surface area (Å²) in [6.45, 7) is 5.17. The lowest BCUT2D eigenvalue weighted by atomic mass is 10.0. The van der Waals surface area contributed by atoms with Gasteiger partial charge in [0.05, 0.1) is 6.21 Å². The summed E-state index contributed by atoms with van der Waals surface area (Å²) in [6, 6.07) is 19.2. The van der Waals surface area contributed by atoms with Crippen molar-refractivity contribution in [1.82, 2.24) is 5.43 Å². The van der Waals surface area contributed by atoms with E-state index < -0.39 is 0 Å². The van der Waals surface area contributed by atoms with Crippen molar-refractivity contribution >= 4 is 34.5 Å². The zero-order valence-corrected chi connectivity index (χ0v) is 18.0. The molecule has 1 heterocycles. The standard InChI is InChI=1S/C24H25ClN4O2/c25-22-8-4-2-6-19(22)16-28-11-13-29(14-12-28)17-24(31)27-26-15-21-20-7-3-1-5-18(20)9-10-23(21)30/h1-10,15,30H,11-14,16-17H2,(H,27,31)/p+2. The smallest absolute Gasteiger partial charge is 0.295 e. The Morgan fingerprint density at radius 3 is 2.52 bits per heavy atom. The molecule has 6 nitrogen and oxygen atoms in total. The predicted molar refractivity (Wildman–Crippen MR) is 123 cm³/mol. The average molecular weight is 439 g/mol. The topological polar surface area (TPSA) is 70.6 Å². The molecule has 0 spiro atoms. The van der Waals surface area contributed by atoms with Crippen LogP contribution >= 0.6 is 11.6 Å². The number of piperazine rings is 1. The molecule has 0 atom stereocenters. The number of nitrogens with one attached hydrogen (secondary N) is 3. The van der Waals surface area contributed by atoms with Crippen molar-refractivity contribution in [2.75, 3.05) is 32.7 Å². The van der Waals surface area contributed by atoms with E-state index in [1.807, 2.05) is 48.5 Å². The van der Waals surface area contributed by atoms with Crippen LogP contribution in [0.5, 0.6) is 5.75 Å². The summed E-state index contributed by atoms with van der Waals surface area (Å²) in [6.07, 6.45) is 1.51. The first-order valence-electron chi connectivity index (χ1n) is 10.5. The van der Waals surface area contributed by atoms with E-state index in [9.17, 15) is 9.90 Å². The number of aromatic hydroxyl groups is 1. The number of hydrogen-bond donors (Lipinski definition) is 4. The maximum atomic E-state index is 12.3. The Morgan fingerprint density at radius 2 is 1.71 bits per heavy atom. The van der Waals surface area contributed by atoms with E-state index in [0.29, 0.717) is 12.1 Å². The van der Waals surface area contributed by atoms with Gasteiger partial charge in [-0.1, -0.05) is 60.1 Å². The van der Waals surface area contributed by atoms with Crippen LogP contribution in [0.2, 0.25) is 5.02 Å². The van der Waals surface area contributed by atoms with Gasteiger partial charge in [0.15, 0.2) is 6.54 Å². The molecule has 0 bridgehead atoms. The van der Waals surface area contributed by atoms with E-state index in [-0.39, 0.29) is 11.7 Å². The summed E-state index contributed by atoms with van der Waals surface area (Å²) in [4.78, 5) is 15.1. The highest BCUT2D eigenvalue weighted by molar-refractivity contribution is 6.31. The summed E-state index contributed by atoms with van der Waals surface area (Å²) < 4.78 is 0. The van der Waals surface area contributed by atoms with Crippen LogP contribution in [0, 0.1) is 0 Å². The van der Waals surface area contributed by atoms with E-state index in [4.69, 9.17) is 11.6 Å². The first kappa shape index (κ1) is 21.3. The normalized spacial score (nSPS) is 19.0. The zero-order chi connectivity index (χ0) is 21.6. The number of hydrogen-bond acceptors (Lipinski definition) is 3. The molecule has 0 radical (unpaired) electrons. The Balaban J connectivity index is 1.27. The SMILES string of the molecule is O=C(C[NH+]1CC[NH+](Cc2ccccc2Cl)CC1)NN=Cc1c(O)ccc2ccccc12. The molecule has 1 amide bonds. The third-order valence-corrected chi connectivity index (χ3v) is 6.17. The molecule has 1 aliphatic rings. The average Bonchev–Trinajstić information content (AvgIpc) is 2.78. The number of hydrazone groups is 1. The fourth-order valence-electron chi connectivity index (χ4n) is 4.08. The largest absolute Gasteiger partial charge is 0.507 e. The van der Waals surface area contributed by atoms with Crippen LogP contribution in [-0.2, 0) is 11.3 Å². The van der Waals surface area contributed by atoms with Crippen molar-refractivity contribution in [1.29, 1.82) is 0 Å². The van der Waals surface area contributed by atoms with E-state index in [1.165, 1.54) is 21.6 Å². The molecule has 160 valence electrons. The molecule has 31 heavy (non-hydrogen) atoms. The first-order chi connectivity index (χ1) is 15.1. The number of benzene rings is 3. The van der Waals surface area contributed by atoms with Crippen molar-refractivity contribution in [2.45, 2.75) is 6.54 Å². The second-order valence-corrected chi connectivity index (χ2v) is 8.36. The van der Waals surface area contributed by atoms with E-state index in [0.717, 1.165) is 48.5 Å². The number of fused-ring (bicyclic) bond motifs is 1. The first-order valence-corrected chi connectivity index (χ1v) is 10.9. The van der Waals surface area contributed by atoms with Crippen LogP contribution in [0.4, 0.5) is 0 Å². The molecule has 1 saturated heterocycles. The van der Waals surface area contributed by atoms with Gasteiger partial charge < -0.3 is 14.9 Å². The second kappa shape index (κ2) is 9.92. The van der Waals surface area contributed by atoms with Crippen molar-refractivity contribution in [3.05, 3.63) is 76.8 Å². The molecule has 0 aliphatic carbocycles. The third-order valence-electron chi connectivity index (χ3n) is 5.80. The lowest BCUT2D eigenvalue weighted by Gasteiger charge is -2.29. The van der Waals surface area contributed by atoms with Gasteiger partial charge in [-0.3, -0.25) is 4.79 Å². The number of amides is 1. The van der Waals surface area contributed by atoms with Gasteiger partial charge in [0.25, 0.3) is 5.91 Å². The molecule has 1 aliphatic heterocycles. The maximum Gasteiger partial charge on any atom is 0.295 e. The zero-order valence-electron chi connectivity index (χ0n) is 17.3. The molecule has 0 unspecified atom stereocenters. The van der Waals surface area contributed by atoms with Crippen LogP contribution < -0.4 is 15.2 Å². The summed E-state index contributed by atoms with van der Waals surface area (Å²) in [5, 5.41) is 17.0. The predicted octanol–water partition coefficient (Wildman–Crippen LogP) is 0.633. The summed E-state index contributed by atoms with van der Waals surface area (Å²) in [5.41, 5.74) is 4.38. The van der Waals surface area contributed by atoms with Gasteiger partial charge in [-0.2, -0.15) is 5.10 Å². The van der Waals surface area contributed by atoms with Crippen molar-refractivity contribution < 1.29 is 19.7 Å². The van der Waals surface area contributed by atoms with Crippen LogP contribution in [-0.4, -0.2) is 50.0 Å². The maximum absolute atomic E-state index is 12.3. The van der Waals surface area contributed by atoms with Crippen molar-refractivity contribution in [2.24, 2.45) is 5.10 Å². The van der Waals surface area contributed by atoms with Crippen LogP contribution in [0.1, 0.15) is 11.1 Å². The van der Waals surface area contributed by atoms with Crippen LogP contribution in [0.25, 0.3) is 10.8 Å². The number of quaternary nitrogens is 2. The molecule has 3 aromatic rings. The lowest BCUT2D eigenvalue weighted by Crippen LogP contribution is -3.28. The third kappa shape index (κ3) is 5.41. The molecule has 4 N–H and O–H groups in total. The summed E-state index contributed by atoms with van der Waals surface area (Å²) >= 11 is 6.28. The minimum atomic E-state index is -0.125. The van der Waals surface area contributed by atoms with E-state index in [1.54, 1.807) is 6.07 Å². The number of carbonyl (C=O) groups excluding carboxylic acids is 1. The Morgan fingerprint density at radius 1 is 1.00 bits per heavy atom. The number of nitrogens with zero attached hydrogens (tertiary/aromatic N) is 1. The monoisotopic (exact) mass is 438 g/mol. The fraction of sp³-hybridized carbons (Fsp3) is 0.250. The number of halogens is 1. The number of phenolic OH excluding ortho intramolecular Hbond substituents is 1. The van der Waals surface area contributed by atoms with Gasteiger partial charge in [0, 0.05) is 16.1 Å². The Kier molecular flexibility index (Phi) is 6.82.